The van der Waals surface area contributed by atoms with Crippen LogP contribution in [0.5, 0.6) is 0 Å². The Morgan fingerprint density at radius 1 is 1.26 bits per heavy atom. The molecule has 3 rings (SSSR count). The summed E-state index contributed by atoms with van der Waals surface area (Å²) in [5.74, 6) is 1.63. The molecule has 1 aromatic heterocycles. The van der Waals surface area contributed by atoms with Crippen LogP contribution in [0.1, 0.15) is 25.3 Å². The molecule has 0 saturated carbocycles. The van der Waals surface area contributed by atoms with Crippen molar-refractivity contribution in [2.75, 3.05) is 6.54 Å². The maximum Gasteiger partial charge on any atom is 0.244 e. The van der Waals surface area contributed by atoms with Crippen molar-refractivity contribution < 1.29 is 4.52 Å². The van der Waals surface area contributed by atoms with Gasteiger partial charge in [0.25, 0.3) is 0 Å². The Morgan fingerprint density at radius 2 is 2.00 bits per heavy atom. The molecule has 0 radical (unpaired) electrons. The number of hydrogen-bond donors (Lipinski definition) is 1. The average Bonchev–Trinajstić information content (AvgIpc) is 2.95. The van der Waals surface area contributed by atoms with E-state index in [1.54, 1.807) is 18.2 Å². The molecule has 1 aliphatic rings. The minimum absolute atomic E-state index is 0.135. The van der Waals surface area contributed by atoms with Crippen LogP contribution in [0.3, 0.4) is 0 Å². The molecular formula is C13H13Cl2N3O. The van der Waals surface area contributed by atoms with Crippen molar-refractivity contribution in [2.45, 2.75) is 19.4 Å². The molecule has 0 bridgehead atoms. The van der Waals surface area contributed by atoms with Gasteiger partial charge in [-0.2, -0.15) is 4.98 Å². The van der Waals surface area contributed by atoms with Gasteiger partial charge in [0.05, 0.1) is 6.04 Å². The van der Waals surface area contributed by atoms with Crippen LogP contribution >= 0.6 is 23.2 Å². The number of nitrogens with zero attached hydrogens (tertiary/aromatic N) is 2. The molecule has 0 spiro atoms. The molecule has 0 aliphatic carbocycles. The van der Waals surface area contributed by atoms with Crippen molar-refractivity contribution in [1.29, 1.82) is 0 Å². The van der Waals surface area contributed by atoms with Crippen molar-refractivity contribution in [3.8, 4) is 11.4 Å². The van der Waals surface area contributed by atoms with Gasteiger partial charge in [0.2, 0.25) is 11.7 Å². The van der Waals surface area contributed by atoms with E-state index in [1.807, 2.05) is 0 Å². The van der Waals surface area contributed by atoms with Crippen LogP contribution in [-0.2, 0) is 0 Å². The Kier molecular flexibility index (Phi) is 3.48. The summed E-state index contributed by atoms with van der Waals surface area (Å²) in [7, 11) is 0. The van der Waals surface area contributed by atoms with Crippen molar-refractivity contribution in [2.24, 2.45) is 5.92 Å². The molecule has 100 valence electrons. The highest BCUT2D eigenvalue weighted by atomic mass is 35.5. The van der Waals surface area contributed by atoms with E-state index >= 15 is 0 Å². The number of nitrogens with one attached hydrogen (secondary N) is 1. The van der Waals surface area contributed by atoms with Gasteiger partial charge in [0.15, 0.2) is 0 Å². The lowest BCUT2D eigenvalue weighted by molar-refractivity contribution is 0.319. The van der Waals surface area contributed by atoms with E-state index in [0.29, 0.717) is 27.7 Å². The van der Waals surface area contributed by atoms with Crippen molar-refractivity contribution >= 4 is 23.2 Å². The topological polar surface area (TPSA) is 51.0 Å². The first kappa shape index (κ1) is 12.9. The van der Waals surface area contributed by atoms with E-state index in [1.165, 1.54) is 0 Å². The average molecular weight is 298 g/mol. The molecule has 19 heavy (non-hydrogen) atoms. The summed E-state index contributed by atoms with van der Waals surface area (Å²) in [4.78, 5) is 4.44. The molecule has 0 amide bonds. The minimum atomic E-state index is 0.135. The molecular weight excluding hydrogens is 285 g/mol. The third-order valence-electron chi connectivity index (χ3n) is 3.36. The van der Waals surface area contributed by atoms with Crippen LogP contribution in [0.2, 0.25) is 10.0 Å². The van der Waals surface area contributed by atoms with E-state index in [0.717, 1.165) is 18.5 Å². The fourth-order valence-corrected chi connectivity index (χ4v) is 2.85. The van der Waals surface area contributed by atoms with Gasteiger partial charge < -0.3 is 9.84 Å². The lowest BCUT2D eigenvalue weighted by Gasteiger charge is -2.09. The summed E-state index contributed by atoms with van der Waals surface area (Å²) in [6, 6.07) is 5.35. The second kappa shape index (κ2) is 5.12. The third-order valence-corrected chi connectivity index (χ3v) is 3.80. The first-order valence-corrected chi connectivity index (χ1v) is 6.92. The molecule has 2 heterocycles. The van der Waals surface area contributed by atoms with E-state index in [2.05, 4.69) is 22.4 Å². The largest absolute Gasteiger partial charge is 0.337 e. The first-order chi connectivity index (χ1) is 9.13. The lowest BCUT2D eigenvalue weighted by Crippen LogP contribution is -2.16. The number of benzene rings is 1. The Balaban J connectivity index is 1.92. The Morgan fingerprint density at radius 3 is 2.63 bits per heavy atom. The number of halogens is 2. The fourth-order valence-electron chi connectivity index (χ4n) is 2.33. The molecule has 1 fully saturated rings. The van der Waals surface area contributed by atoms with E-state index < -0.39 is 0 Å². The highest BCUT2D eigenvalue weighted by molar-refractivity contribution is 6.35. The van der Waals surface area contributed by atoms with Crippen molar-refractivity contribution in [1.82, 2.24) is 15.5 Å². The quantitative estimate of drug-likeness (QED) is 0.918. The van der Waals surface area contributed by atoms with E-state index in [4.69, 9.17) is 27.7 Å². The van der Waals surface area contributed by atoms with Crippen LogP contribution in [0.25, 0.3) is 11.4 Å². The smallest absolute Gasteiger partial charge is 0.244 e. The molecule has 2 aromatic rings. The van der Waals surface area contributed by atoms with Crippen molar-refractivity contribution in [3.05, 3.63) is 34.1 Å². The zero-order valence-corrected chi connectivity index (χ0v) is 11.9. The molecule has 1 aliphatic heterocycles. The van der Waals surface area contributed by atoms with Gasteiger partial charge in [0, 0.05) is 15.6 Å². The number of aromatic nitrogens is 2. The van der Waals surface area contributed by atoms with E-state index in [-0.39, 0.29) is 6.04 Å². The van der Waals surface area contributed by atoms with Crippen LogP contribution in [-0.4, -0.2) is 16.7 Å². The SMILES string of the molecule is CC1CCNC1c1nc(-c2cc(Cl)cc(Cl)c2)no1. The van der Waals surface area contributed by atoms with Gasteiger partial charge in [-0.05, 0) is 37.1 Å². The Labute approximate surface area is 121 Å². The summed E-state index contributed by atoms with van der Waals surface area (Å²) < 4.78 is 5.34. The molecule has 4 nitrogen and oxygen atoms in total. The molecule has 1 N–H and O–H groups in total. The second-order valence-electron chi connectivity index (χ2n) is 4.81. The van der Waals surface area contributed by atoms with Gasteiger partial charge in [-0.1, -0.05) is 35.3 Å². The highest BCUT2D eigenvalue weighted by Crippen LogP contribution is 2.30. The Bertz CT molecular complexity index is 579. The van der Waals surface area contributed by atoms with Crippen LogP contribution in [0.15, 0.2) is 22.7 Å². The standard InChI is InChI=1S/C13H13Cl2N3O/c1-7-2-3-16-11(7)13-17-12(18-19-13)8-4-9(14)6-10(15)5-8/h4-7,11,16H,2-3H2,1H3. The predicted molar refractivity (Wildman–Crippen MR) is 74.3 cm³/mol. The van der Waals surface area contributed by atoms with Gasteiger partial charge >= 0.3 is 0 Å². The maximum atomic E-state index is 5.97. The monoisotopic (exact) mass is 297 g/mol. The first-order valence-electron chi connectivity index (χ1n) is 6.17. The maximum absolute atomic E-state index is 5.97. The molecule has 1 aromatic carbocycles. The third kappa shape index (κ3) is 2.61. The Hall–Kier alpha value is -1.10. The summed E-state index contributed by atoms with van der Waals surface area (Å²) in [6.07, 6.45) is 1.12. The number of rotatable bonds is 2. The zero-order chi connectivity index (χ0) is 13.4. The van der Waals surface area contributed by atoms with Gasteiger partial charge in [0.1, 0.15) is 0 Å². The summed E-state index contributed by atoms with van der Waals surface area (Å²) in [5, 5.41) is 8.48. The zero-order valence-electron chi connectivity index (χ0n) is 10.4. The second-order valence-corrected chi connectivity index (χ2v) is 5.68. The predicted octanol–water partition coefficient (Wildman–Crippen LogP) is 3.71. The van der Waals surface area contributed by atoms with E-state index in [9.17, 15) is 0 Å². The number of hydrogen-bond acceptors (Lipinski definition) is 4. The minimum Gasteiger partial charge on any atom is -0.337 e. The van der Waals surface area contributed by atoms with Gasteiger partial charge in [-0.3, -0.25) is 0 Å². The summed E-state index contributed by atoms with van der Waals surface area (Å²) >= 11 is 11.9. The summed E-state index contributed by atoms with van der Waals surface area (Å²) in [6.45, 7) is 3.15. The normalized spacial score (nSPS) is 22.9. The van der Waals surface area contributed by atoms with Crippen LogP contribution < -0.4 is 5.32 Å². The molecule has 2 unspecified atom stereocenters. The lowest BCUT2D eigenvalue weighted by atomic mass is 10.0. The van der Waals surface area contributed by atoms with Crippen LogP contribution in [0, 0.1) is 5.92 Å². The van der Waals surface area contributed by atoms with Crippen molar-refractivity contribution in [3.63, 3.8) is 0 Å². The van der Waals surface area contributed by atoms with Crippen LogP contribution in [0.4, 0.5) is 0 Å². The van der Waals surface area contributed by atoms with Gasteiger partial charge in [-0.15, -0.1) is 0 Å². The molecule has 6 heteroatoms. The highest BCUT2D eigenvalue weighted by Gasteiger charge is 2.29. The molecule has 2 atom stereocenters. The summed E-state index contributed by atoms with van der Waals surface area (Å²) in [5.41, 5.74) is 0.762. The van der Waals surface area contributed by atoms with Gasteiger partial charge in [-0.25, -0.2) is 0 Å². The molecule has 1 saturated heterocycles. The fraction of sp³-hybridized carbons (Fsp3) is 0.385.